The van der Waals surface area contributed by atoms with E-state index in [1.807, 2.05) is 18.5 Å². The highest BCUT2D eigenvalue weighted by atomic mass is 15.0. The molecule has 0 spiro atoms. The van der Waals surface area contributed by atoms with E-state index in [1.165, 1.54) is 27.4 Å². The molecule has 9 rings (SSSR count). The third kappa shape index (κ3) is 3.92. The highest BCUT2D eigenvalue weighted by molar-refractivity contribution is 6.10. The molecule has 216 valence electrons. The zero-order valence-corrected chi connectivity index (χ0v) is 25.4. The lowest BCUT2D eigenvalue weighted by Crippen LogP contribution is -1.99. The molecule has 3 aromatic heterocycles. The van der Waals surface area contributed by atoms with Crippen molar-refractivity contribution in [1.82, 2.24) is 14.5 Å². The fourth-order valence-electron chi connectivity index (χ4n) is 7.19. The van der Waals surface area contributed by atoms with E-state index in [1.54, 1.807) is 0 Å². The lowest BCUT2D eigenvalue weighted by atomic mass is 9.92. The minimum atomic E-state index is 0.937. The number of fused-ring (bicyclic) bond motifs is 6. The fraction of sp³-hybridized carbons (Fsp3) is 0.0233. The van der Waals surface area contributed by atoms with Gasteiger partial charge in [0.1, 0.15) is 0 Å². The summed E-state index contributed by atoms with van der Waals surface area (Å²) in [6.45, 7) is 6.73. The van der Waals surface area contributed by atoms with Gasteiger partial charge in [-0.15, -0.1) is 0 Å². The molecule has 0 radical (unpaired) electrons. The van der Waals surface area contributed by atoms with Crippen LogP contribution in [0.4, 0.5) is 0 Å². The van der Waals surface area contributed by atoms with Gasteiger partial charge in [0.25, 0.3) is 0 Å². The summed E-state index contributed by atoms with van der Waals surface area (Å²) in [4.78, 5) is 10.1. The molecule has 0 saturated carbocycles. The van der Waals surface area contributed by atoms with Crippen LogP contribution in [0.1, 0.15) is 16.7 Å². The van der Waals surface area contributed by atoms with Crippen molar-refractivity contribution in [3.05, 3.63) is 169 Å². The van der Waals surface area contributed by atoms with Gasteiger partial charge in [0.2, 0.25) is 0 Å². The van der Waals surface area contributed by atoms with Gasteiger partial charge in [0.15, 0.2) is 0 Å². The quantitative estimate of drug-likeness (QED) is 0.205. The molecule has 3 heteroatoms. The molecular weight excluding hydrogens is 558 g/mol. The Bertz CT molecular complexity index is 2430. The summed E-state index contributed by atoms with van der Waals surface area (Å²) >= 11 is 0. The largest absolute Gasteiger partial charge is 0.309 e. The van der Waals surface area contributed by atoms with Gasteiger partial charge < -0.3 is 4.57 Å². The third-order valence-electron chi connectivity index (χ3n) is 9.39. The number of nitrogens with zero attached hydrogens (tertiary/aromatic N) is 3. The van der Waals surface area contributed by atoms with E-state index in [4.69, 9.17) is 9.97 Å². The Morgan fingerprint density at radius 1 is 0.543 bits per heavy atom. The monoisotopic (exact) mass is 587 g/mol. The zero-order chi connectivity index (χ0) is 30.8. The van der Waals surface area contributed by atoms with Crippen LogP contribution in [0.3, 0.4) is 0 Å². The van der Waals surface area contributed by atoms with E-state index < -0.39 is 0 Å². The Morgan fingerprint density at radius 3 is 1.85 bits per heavy atom. The molecule has 0 amide bonds. The van der Waals surface area contributed by atoms with E-state index in [2.05, 4.69) is 145 Å². The molecule has 46 heavy (non-hydrogen) atoms. The summed E-state index contributed by atoms with van der Waals surface area (Å²) in [6, 6.07) is 47.3. The summed E-state index contributed by atoms with van der Waals surface area (Å²) in [7, 11) is 0. The van der Waals surface area contributed by atoms with Crippen LogP contribution in [0.15, 0.2) is 152 Å². The molecule has 0 fully saturated rings. The van der Waals surface area contributed by atoms with Gasteiger partial charge in [-0.2, -0.15) is 0 Å². The van der Waals surface area contributed by atoms with Crippen molar-refractivity contribution >= 4 is 27.4 Å². The SMILES string of the molecule is C=C1c2ccc(-n3c4ccccc4c4ccccc43)cc2-c2c1cncc2-c1nc(-c2ccccc2)cc(-c2ccccc2)c1C. The van der Waals surface area contributed by atoms with Crippen molar-refractivity contribution in [3.8, 4) is 50.5 Å². The summed E-state index contributed by atoms with van der Waals surface area (Å²) in [5.41, 5.74) is 16.4. The predicted molar refractivity (Wildman–Crippen MR) is 191 cm³/mol. The van der Waals surface area contributed by atoms with E-state index in [0.717, 1.165) is 67.2 Å². The van der Waals surface area contributed by atoms with Crippen LogP contribution < -0.4 is 0 Å². The molecule has 0 atom stereocenters. The third-order valence-corrected chi connectivity index (χ3v) is 9.39. The standard InChI is InChI=1S/C43H29N3/c1-27-32-22-21-31(46-40-19-11-9-17-33(40)34-18-10-12-20-41(34)46)23-36(32)42-37(27)25-44-26-38(42)43-28(2)35(29-13-5-3-6-14-29)24-39(45-43)30-15-7-4-8-16-30/h3-26H,1H2,2H3. The molecule has 1 aliphatic carbocycles. The van der Waals surface area contributed by atoms with Gasteiger partial charge in [0.05, 0.1) is 22.4 Å². The second kappa shape index (κ2) is 10.3. The van der Waals surface area contributed by atoms with Crippen LogP contribution in [0.5, 0.6) is 0 Å². The van der Waals surface area contributed by atoms with Crippen molar-refractivity contribution in [1.29, 1.82) is 0 Å². The first-order chi connectivity index (χ1) is 22.7. The molecule has 3 heterocycles. The van der Waals surface area contributed by atoms with Crippen LogP contribution in [0.25, 0.3) is 77.8 Å². The average Bonchev–Trinajstić information content (AvgIpc) is 3.61. The van der Waals surface area contributed by atoms with Gasteiger partial charge in [0, 0.05) is 51.1 Å². The smallest absolute Gasteiger partial charge is 0.0766 e. The normalized spacial score (nSPS) is 12.1. The Labute approximate surface area is 267 Å². The van der Waals surface area contributed by atoms with E-state index in [9.17, 15) is 0 Å². The van der Waals surface area contributed by atoms with Crippen LogP contribution in [0, 0.1) is 6.92 Å². The highest BCUT2D eigenvalue weighted by Crippen LogP contribution is 2.49. The number of pyridine rings is 2. The number of hydrogen-bond donors (Lipinski definition) is 0. The zero-order valence-electron chi connectivity index (χ0n) is 25.4. The molecule has 0 aliphatic heterocycles. The highest BCUT2D eigenvalue weighted by Gasteiger charge is 2.28. The molecular formula is C43H29N3. The maximum atomic E-state index is 5.35. The Morgan fingerprint density at radius 2 is 1.15 bits per heavy atom. The number of para-hydroxylation sites is 2. The van der Waals surface area contributed by atoms with Crippen molar-refractivity contribution in [2.75, 3.05) is 0 Å². The minimum absolute atomic E-state index is 0.937. The molecule has 0 unspecified atom stereocenters. The second-order valence-electron chi connectivity index (χ2n) is 11.9. The Hall–Kier alpha value is -6.06. The van der Waals surface area contributed by atoms with Gasteiger partial charge >= 0.3 is 0 Å². The maximum absolute atomic E-state index is 5.35. The van der Waals surface area contributed by atoms with Crippen molar-refractivity contribution in [3.63, 3.8) is 0 Å². The molecule has 5 aromatic carbocycles. The lowest BCUT2D eigenvalue weighted by molar-refractivity contribution is 1.18. The number of aromatic nitrogens is 3. The molecule has 0 bridgehead atoms. The first-order valence-electron chi connectivity index (χ1n) is 15.6. The first-order valence-corrected chi connectivity index (χ1v) is 15.6. The van der Waals surface area contributed by atoms with Crippen molar-refractivity contribution in [2.24, 2.45) is 0 Å². The molecule has 8 aromatic rings. The predicted octanol–water partition coefficient (Wildman–Crippen LogP) is 10.9. The van der Waals surface area contributed by atoms with Crippen molar-refractivity contribution in [2.45, 2.75) is 6.92 Å². The lowest BCUT2D eigenvalue weighted by Gasteiger charge is -2.17. The second-order valence-corrected chi connectivity index (χ2v) is 11.9. The van der Waals surface area contributed by atoms with Crippen LogP contribution >= 0.6 is 0 Å². The number of rotatable bonds is 4. The van der Waals surface area contributed by atoms with Crippen LogP contribution in [-0.2, 0) is 0 Å². The molecule has 0 saturated heterocycles. The van der Waals surface area contributed by atoms with Gasteiger partial charge in [-0.25, -0.2) is 4.98 Å². The van der Waals surface area contributed by atoms with Gasteiger partial charge in [-0.3, -0.25) is 4.98 Å². The van der Waals surface area contributed by atoms with E-state index in [0.29, 0.717) is 0 Å². The van der Waals surface area contributed by atoms with Crippen LogP contribution in [0.2, 0.25) is 0 Å². The minimum Gasteiger partial charge on any atom is -0.309 e. The summed E-state index contributed by atoms with van der Waals surface area (Å²) in [5.74, 6) is 0. The Kier molecular flexibility index (Phi) is 5.87. The summed E-state index contributed by atoms with van der Waals surface area (Å²) < 4.78 is 2.37. The fourth-order valence-corrected chi connectivity index (χ4v) is 7.19. The average molecular weight is 588 g/mol. The van der Waals surface area contributed by atoms with Crippen LogP contribution in [-0.4, -0.2) is 14.5 Å². The van der Waals surface area contributed by atoms with Gasteiger partial charge in [-0.1, -0.05) is 110 Å². The summed E-state index contributed by atoms with van der Waals surface area (Å²) in [6.07, 6.45) is 3.93. The molecule has 3 nitrogen and oxygen atoms in total. The molecule has 1 aliphatic rings. The maximum Gasteiger partial charge on any atom is 0.0766 e. The first kappa shape index (κ1) is 26.4. The molecule has 0 N–H and O–H groups in total. The van der Waals surface area contributed by atoms with E-state index in [-0.39, 0.29) is 0 Å². The van der Waals surface area contributed by atoms with Gasteiger partial charge in [-0.05, 0) is 70.6 Å². The summed E-state index contributed by atoms with van der Waals surface area (Å²) in [5, 5.41) is 2.50. The Balaban J connectivity index is 1.30. The topological polar surface area (TPSA) is 30.7 Å². The number of hydrogen-bond acceptors (Lipinski definition) is 2. The number of benzene rings is 5. The van der Waals surface area contributed by atoms with Crippen molar-refractivity contribution < 1.29 is 0 Å². The van der Waals surface area contributed by atoms with E-state index >= 15 is 0 Å².